The smallest absolute Gasteiger partial charge is 0.274 e. The number of oxime groups is 1. The van der Waals surface area contributed by atoms with Crippen molar-refractivity contribution in [1.29, 1.82) is 0 Å². The van der Waals surface area contributed by atoms with E-state index in [9.17, 15) is 14.0 Å². The van der Waals surface area contributed by atoms with Crippen LogP contribution in [0.15, 0.2) is 29.4 Å². The van der Waals surface area contributed by atoms with E-state index in [-0.39, 0.29) is 23.7 Å². The molecule has 0 N–H and O–H groups in total. The number of hydrogen-bond acceptors (Lipinski definition) is 4. The summed E-state index contributed by atoms with van der Waals surface area (Å²) in [6.45, 7) is 0. The maximum atomic E-state index is 13.1. The van der Waals surface area contributed by atoms with Crippen LogP contribution in [0.5, 0.6) is 0 Å². The van der Waals surface area contributed by atoms with Gasteiger partial charge in [0, 0.05) is 11.6 Å². The van der Waals surface area contributed by atoms with E-state index in [2.05, 4.69) is 5.16 Å². The van der Waals surface area contributed by atoms with Gasteiger partial charge in [0.25, 0.3) is 5.91 Å². The van der Waals surface area contributed by atoms with Crippen molar-refractivity contribution in [1.82, 2.24) is 4.90 Å². The molecule has 23 heavy (non-hydrogen) atoms. The molecule has 2 heterocycles. The Bertz CT molecular complexity index is 680. The number of halogens is 1. The Labute approximate surface area is 133 Å². The summed E-state index contributed by atoms with van der Waals surface area (Å²) in [5, 5.41) is 3.93. The van der Waals surface area contributed by atoms with Crippen LogP contribution < -0.4 is 0 Å². The molecular weight excluding hydrogens is 299 g/mol. The molecule has 0 unspecified atom stereocenters. The maximum absolute atomic E-state index is 13.1. The van der Waals surface area contributed by atoms with Gasteiger partial charge in [0.15, 0.2) is 0 Å². The quantitative estimate of drug-likeness (QED) is 0.786. The lowest BCUT2D eigenvalue weighted by atomic mass is 9.93. The van der Waals surface area contributed by atoms with E-state index >= 15 is 0 Å². The van der Waals surface area contributed by atoms with E-state index in [1.807, 2.05) is 0 Å². The number of amides is 2. The number of carbonyl (C=O) groups is 2. The van der Waals surface area contributed by atoms with Crippen molar-refractivity contribution in [3.8, 4) is 0 Å². The fraction of sp³-hybridized carbons (Fsp3) is 0.471. The van der Waals surface area contributed by atoms with Gasteiger partial charge in [0.05, 0.1) is 0 Å². The van der Waals surface area contributed by atoms with Gasteiger partial charge in [0.1, 0.15) is 17.4 Å². The van der Waals surface area contributed by atoms with Crippen molar-refractivity contribution in [2.24, 2.45) is 11.1 Å². The van der Waals surface area contributed by atoms with E-state index in [0.29, 0.717) is 11.3 Å². The van der Waals surface area contributed by atoms with Crippen LogP contribution in [0.2, 0.25) is 0 Å². The molecule has 3 aliphatic rings. The van der Waals surface area contributed by atoms with Crippen LogP contribution in [0.3, 0.4) is 0 Å². The Morgan fingerprint density at radius 1 is 1.04 bits per heavy atom. The molecule has 2 fully saturated rings. The topological polar surface area (TPSA) is 59.0 Å². The molecule has 2 atom stereocenters. The number of rotatable bonds is 2. The SMILES string of the molecule is O=C1[C@H]2C(c3ccc(F)cc3)=NO[C@@H]2C(=O)N1C1CCCCC1. The molecule has 0 radical (unpaired) electrons. The van der Waals surface area contributed by atoms with Crippen LogP contribution in [-0.2, 0) is 14.4 Å². The Morgan fingerprint density at radius 2 is 1.74 bits per heavy atom. The highest BCUT2D eigenvalue weighted by Crippen LogP contribution is 2.36. The molecule has 1 saturated heterocycles. The minimum Gasteiger partial charge on any atom is -0.381 e. The fourth-order valence-corrected chi connectivity index (χ4v) is 3.76. The molecule has 120 valence electrons. The lowest BCUT2D eigenvalue weighted by molar-refractivity contribution is -0.145. The van der Waals surface area contributed by atoms with Gasteiger partial charge in [-0.1, -0.05) is 36.6 Å². The monoisotopic (exact) mass is 316 g/mol. The third-order valence-electron chi connectivity index (χ3n) is 4.93. The maximum Gasteiger partial charge on any atom is 0.274 e. The molecule has 2 aliphatic heterocycles. The Kier molecular flexibility index (Phi) is 3.39. The second-order valence-corrected chi connectivity index (χ2v) is 6.33. The summed E-state index contributed by atoms with van der Waals surface area (Å²) in [5.41, 5.74) is 1.04. The summed E-state index contributed by atoms with van der Waals surface area (Å²) in [4.78, 5) is 32.0. The number of benzene rings is 1. The van der Waals surface area contributed by atoms with Crippen molar-refractivity contribution < 1.29 is 18.8 Å². The predicted octanol–water partition coefficient (Wildman–Crippen LogP) is 2.25. The average molecular weight is 316 g/mol. The van der Waals surface area contributed by atoms with Crippen molar-refractivity contribution in [2.45, 2.75) is 44.2 Å². The highest BCUT2D eigenvalue weighted by atomic mass is 19.1. The van der Waals surface area contributed by atoms with Crippen LogP contribution in [0, 0.1) is 11.7 Å². The summed E-state index contributed by atoms with van der Waals surface area (Å²) in [5.74, 6) is -1.57. The number of fused-ring (bicyclic) bond motifs is 1. The van der Waals surface area contributed by atoms with Gasteiger partial charge in [-0.05, 0) is 25.0 Å². The van der Waals surface area contributed by atoms with E-state index in [4.69, 9.17) is 4.84 Å². The molecule has 0 aromatic heterocycles. The lowest BCUT2D eigenvalue weighted by Gasteiger charge is -2.29. The van der Waals surface area contributed by atoms with Crippen LogP contribution in [0.25, 0.3) is 0 Å². The molecular formula is C17H17FN2O3. The summed E-state index contributed by atoms with van der Waals surface area (Å²) < 4.78 is 13.1. The van der Waals surface area contributed by atoms with Crippen LogP contribution >= 0.6 is 0 Å². The highest BCUT2D eigenvalue weighted by molar-refractivity contribution is 6.23. The molecule has 1 aliphatic carbocycles. The molecule has 1 saturated carbocycles. The summed E-state index contributed by atoms with van der Waals surface area (Å²) in [7, 11) is 0. The number of imide groups is 1. The highest BCUT2D eigenvalue weighted by Gasteiger charge is 2.57. The Hall–Kier alpha value is -2.24. The first kappa shape index (κ1) is 14.4. The van der Waals surface area contributed by atoms with Gasteiger partial charge >= 0.3 is 0 Å². The average Bonchev–Trinajstić information content (AvgIpc) is 3.10. The largest absolute Gasteiger partial charge is 0.381 e. The zero-order chi connectivity index (χ0) is 16.0. The molecule has 2 amide bonds. The summed E-state index contributed by atoms with van der Waals surface area (Å²) in [6, 6.07) is 5.71. The molecule has 6 heteroatoms. The lowest BCUT2D eigenvalue weighted by Crippen LogP contribution is -2.43. The Morgan fingerprint density at radius 3 is 2.43 bits per heavy atom. The minimum absolute atomic E-state index is 0.0209. The molecule has 1 aromatic carbocycles. The molecule has 0 spiro atoms. The first-order chi connectivity index (χ1) is 11.2. The zero-order valence-corrected chi connectivity index (χ0v) is 12.6. The second-order valence-electron chi connectivity index (χ2n) is 6.33. The van der Waals surface area contributed by atoms with Crippen molar-refractivity contribution in [3.05, 3.63) is 35.6 Å². The van der Waals surface area contributed by atoms with E-state index in [1.165, 1.54) is 17.0 Å². The van der Waals surface area contributed by atoms with Gasteiger partial charge in [-0.3, -0.25) is 14.5 Å². The van der Waals surface area contributed by atoms with Crippen molar-refractivity contribution in [2.75, 3.05) is 0 Å². The number of likely N-dealkylation sites (tertiary alicyclic amines) is 1. The van der Waals surface area contributed by atoms with Gasteiger partial charge in [0.2, 0.25) is 12.0 Å². The van der Waals surface area contributed by atoms with Gasteiger partial charge in [-0.2, -0.15) is 0 Å². The van der Waals surface area contributed by atoms with Gasteiger partial charge in [-0.15, -0.1) is 0 Å². The Balaban J connectivity index is 1.62. The first-order valence-electron chi connectivity index (χ1n) is 8.03. The molecule has 1 aromatic rings. The van der Waals surface area contributed by atoms with Crippen LogP contribution in [0.4, 0.5) is 4.39 Å². The number of nitrogens with zero attached hydrogens (tertiary/aromatic N) is 2. The van der Waals surface area contributed by atoms with Crippen molar-refractivity contribution in [3.63, 3.8) is 0 Å². The summed E-state index contributed by atoms with van der Waals surface area (Å²) in [6.07, 6.45) is 4.09. The number of carbonyl (C=O) groups excluding carboxylic acids is 2. The second kappa shape index (κ2) is 5.44. The standard InChI is InChI=1S/C17H17FN2O3/c18-11-8-6-10(7-9-11)14-13-15(23-19-14)17(22)20(16(13)21)12-4-2-1-3-5-12/h6-9,12-13,15H,1-5H2/t13-,15-/m0/s1. The third kappa shape index (κ3) is 2.24. The first-order valence-corrected chi connectivity index (χ1v) is 8.03. The molecule has 0 bridgehead atoms. The van der Waals surface area contributed by atoms with E-state index in [0.717, 1.165) is 32.1 Å². The summed E-state index contributed by atoms with van der Waals surface area (Å²) >= 11 is 0. The number of hydrogen-bond donors (Lipinski definition) is 0. The normalized spacial score (nSPS) is 27.9. The fourth-order valence-electron chi connectivity index (χ4n) is 3.76. The van der Waals surface area contributed by atoms with E-state index < -0.39 is 12.0 Å². The molecule has 4 rings (SSSR count). The predicted molar refractivity (Wildman–Crippen MR) is 80.0 cm³/mol. The van der Waals surface area contributed by atoms with Crippen LogP contribution in [0.1, 0.15) is 37.7 Å². The molecule has 5 nitrogen and oxygen atoms in total. The third-order valence-corrected chi connectivity index (χ3v) is 4.93. The zero-order valence-electron chi connectivity index (χ0n) is 12.6. The van der Waals surface area contributed by atoms with Crippen molar-refractivity contribution >= 4 is 17.5 Å². The van der Waals surface area contributed by atoms with Crippen LogP contribution in [-0.4, -0.2) is 34.6 Å². The van der Waals surface area contributed by atoms with Gasteiger partial charge < -0.3 is 4.84 Å². The van der Waals surface area contributed by atoms with E-state index in [1.54, 1.807) is 12.1 Å². The minimum atomic E-state index is -0.857. The van der Waals surface area contributed by atoms with Gasteiger partial charge in [-0.25, -0.2) is 4.39 Å².